The van der Waals surface area contributed by atoms with E-state index in [-0.39, 0.29) is 11.9 Å². The quantitative estimate of drug-likeness (QED) is 0.724. The van der Waals surface area contributed by atoms with Gasteiger partial charge in [0, 0.05) is 24.5 Å². The maximum absolute atomic E-state index is 13.0. The van der Waals surface area contributed by atoms with E-state index in [1.807, 2.05) is 49.9 Å². The number of pyridine rings is 1. The normalized spacial score (nSPS) is 17.0. The first-order valence-electron chi connectivity index (χ1n) is 8.77. The third-order valence-corrected chi connectivity index (χ3v) is 4.71. The molecule has 4 rings (SSSR count). The van der Waals surface area contributed by atoms with Crippen LogP contribution in [0.2, 0.25) is 0 Å². The van der Waals surface area contributed by atoms with Gasteiger partial charge in [0.15, 0.2) is 11.6 Å². The number of hydrogen-bond donors (Lipinski definition) is 0. The average Bonchev–Trinajstić information content (AvgIpc) is 3.34. The fraction of sp³-hybridized carbons (Fsp3) is 0.368. The van der Waals surface area contributed by atoms with Crippen LogP contribution in [0.4, 0.5) is 0 Å². The number of amides is 1. The fourth-order valence-electron chi connectivity index (χ4n) is 3.51. The molecular formula is C19H21N5O2. The highest BCUT2D eigenvalue weighted by Gasteiger charge is 2.33. The monoisotopic (exact) mass is 351 g/mol. The molecule has 3 aromatic heterocycles. The minimum absolute atomic E-state index is 0.0334. The first kappa shape index (κ1) is 16.5. The van der Waals surface area contributed by atoms with E-state index in [1.54, 1.807) is 10.9 Å². The predicted octanol–water partition coefficient (Wildman–Crippen LogP) is 3.16. The number of rotatable bonds is 3. The van der Waals surface area contributed by atoms with Crippen LogP contribution in [0.15, 0.2) is 35.0 Å². The van der Waals surface area contributed by atoms with Gasteiger partial charge in [-0.3, -0.25) is 4.79 Å². The molecule has 1 amide bonds. The first-order valence-corrected chi connectivity index (χ1v) is 8.77. The van der Waals surface area contributed by atoms with Crippen molar-refractivity contribution < 1.29 is 9.32 Å². The highest BCUT2D eigenvalue weighted by atomic mass is 16.5. The molecule has 1 fully saturated rings. The SMILES string of the molecule is Cc1cc(C2CCCN2C(=O)c2ccc(-n3nc(C)cc3C)nc2)on1. The van der Waals surface area contributed by atoms with Gasteiger partial charge in [0.25, 0.3) is 5.91 Å². The topological polar surface area (TPSA) is 77.0 Å². The van der Waals surface area contributed by atoms with E-state index in [1.165, 1.54) is 0 Å². The minimum Gasteiger partial charge on any atom is -0.359 e. The van der Waals surface area contributed by atoms with Crippen LogP contribution in [-0.2, 0) is 0 Å². The summed E-state index contributed by atoms with van der Waals surface area (Å²) in [5, 5.41) is 8.37. The van der Waals surface area contributed by atoms with Crippen molar-refractivity contribution in [2.75, 3.05) is 6.54 Å². The highest BCUT2D eigenvalue weighted by Crippen LogP contribution is 2.33. The van der Waals surface area contributed by atoms with Crippen LogP contribution in [0.3, 0.4) is 0 Å². The van der Waals surface area contributed by atoms with Crippen LogP contribution in [0.25, 0.3) is 5.82 Å². The van der Waals surface area contributed by atoms with Crippen molar-refractivity contribution in [2.45, 2.75) is 39.7 Å². The molecule has 3 aromatic rings. The number of carbonyl (C=O) groups is 1. The molecule has 0 radical (unpaired) electrons. The Morgan fingerprint density at radius 3 is 2.65 bits per heavy atom. The van der Waals surface area contributed by atoms with Crippen molar-refractivity contribution in [3.8, 4) is 5.82 Å². The van der Waals surface area contributed by atoms with Crippen LogP contribution in [-0.4, -0.2) is 37.3 Å². The van der Waals surface area contributed by atoms with E-state index in [4.69, 9.17) is 4.52 Å². The van der Waals surface area contributed by atoms with Gasteiger partial charge in [-0.05, 0) is 51.8 Å². The largest absolute Gasteiger partial charge is 0.359 e. The summed E-state index contributed by atoms with van der Waals surface area (Å²) in [6.45, 7) is 6.52. The highest BCUT2D eigenvalue weighted by molar-refractivity contribution is 5.94. The molecule has 1 atom stereocenters. The lowest BCUT2D eigenvalue weighted by molar-refractivity contribution is 0.0714. The number of hydrogen-bond acceptors (Lipinski definition) is 5. The second-order valence-electron chi connectivity index (χ2n) is 6.77. The van der Waals surface area contributed by atoms with E-state index in [0.717, 1.165) is 35.7 Å². The zero-order valence-corrected chi connectivity index (χ0v) is 15.1. The summed E-state index contributed by atoms with van der Waals surface area (Å²) in [7, 11) is 0. The van der Waals surface area contributed by atoms with Gasteiger partial charge >= 0.3 is 0 Å². The van der Waals surface area contributed by atoms with Crippen LogP contribution in [0, 0.1) is 20.8 Å². The third kappa shape index (κ3) is 2.89. The van der Waals surface area contributed by atoms with Gasteiger partial charge in [-0.2, -0.15) is 5.10 Å². The molecule has 4 heterocycles. The van der Waals surface area contributed by atoms with Gasteiger partial charge in [0.1, 0.15) is 0 Å². The summed E-state index contributed by atoms with van der Waals surface area (Å²) in [6, 6.07) is 7.48. The molecule has 0 spiro atoms. The lowest BCUT2D eigenvalue weighted by atomic mass is 10.1. The van der Waals surface area contributed by atoms with Crippen molar-refractivity contribution in [3.05, 3.63) is 58.9 Å². The Labute approximate surface area is 151 Å². The van der Waals surface area contributed by atoms with Crippen molar-refractivity contribution in [2.24, 2.45) is 0 Å². The number of carbonyl (C=O) groups excluding carboxylic acids is 1. The predicted molar refractivity (Wildman–Crippen MR) is 95.1 cm³/mol. The standard InChI is InChI=1S/C19H21N5O2/c1-12-9-14(3)24(21-12)18-7-6-15(11-20-18)19(25)23-8-4-5-16(23)17-10-13(2)22-26-17/h6-7,9-11,16H,4-5,8H2,1-3H3. The van der Waals surface area contributed by atoms with Gasteiger partial charge < -0.3 is 9.42 Å². The fourth-order valence-corrected chi connectivity index (χ4v) is 3.51. The number of nitrogens with zero attached hydrogens (tertiary/aromatic N) is 5. The van der Waals surface area contributed by atoms with Crippen LogP contribution in [0.1, 0.15) is 52.1 Å². The summed E-state index contributed by atoms with van der Waals surface area (Å²) in [6.07, 6.45) is 3.46. The Balaban J connectivity index is 1.57. The molecule has 0 aliphatic carbocycles. The lowest BCUT2D eigenvalue weighted by Crippen LogP contribution is -2.30. The molecule has 7 nitrogen and oxygen atoms in total. The summed E-state index contributed by atoms with van der Waals surface area (Å²) in [5.41, 5.74) is 3.34. The smallest absolute Gasteiger partial charge is 0.256 e. The van der Waals surface area contributed by atoms with Crippen molar-refractivity contribution in [3.63, 3.8) is 0 Å². The van der Waals surface area contributed by atoms with Crippen LogP contribution >= 0.6 is 0 Å². The van der Waals surface area contributed by atoms with E-state index in [0.29, 0.717) is 17.9 Å². The maximum atomic E-state index is 13.0. The molecule has 1 aliphatic heterocycles. The Bertz CT molecular complexity index is 941. The Morgan fingerprint density at radius 2 is 2.04 bits per heavy atom. The molecule has 0 bridgehead atoms. The van der Waals surface area contributed by atoms with Crippen molar-refractivity contribution in [1.82, 2.24) is 24.8 Å². The van der Waals surface area contributed by atoms with Gasteiger partial charge in [-0.15, -0.1) is 0 Å². The molecule has 1 unspecified atom stereocenters. The molecule has 26 heavy (non-hydrogen) atoms. The summed E-state index contributed by atoms with van der Waals surface area (Å²) < 4.78 is 7.16. The molecule has 1 aliphatic rings. The zero-order chi connectivity index (χ0) is 18.3. The third-order valence-electron chi connectivity index (χ3n) is 4.71. The zero-order valence-electron chi connectivity index (χ0n) is 15.1. The second-order valence-corrected chi connectivity index (χ2v) is 6.77. The molecular weight excluding hydrogens is 330 g/mol. The van der Waals surface area contributed by atoms with Crippen molar-refractivity contribution in [1.29, 1.82) is 0 Å². The summed E-state index contributed by atoms with van der Waals surface area (Å²) >= 11 is 0. The van der Waals surface area contributed by atoms with Crippen LogP contribution in [0.5, 0.6) is 0 Å². The molecule has 134 valence electrons. The minimum atomic E-state index is -0.0561. The Kier molecular flexibility index (Phi) is 4.06. The summed E-state index contributed by atoms with van der Waals surface area (Å²) in [4.78, 5) is 19.2. The maximum Gasteiger partial charge on any atom is 0.256 e. The molecule has 0 saturated carbocycles. The molecule has 0 N–H and O–H groups in total. The van der Waals surface area contributed by atoms with Crippen molar-refractivity contribution >= 4 is 5.91 Å². The number of likely N-dealkylation sites (tertiary alicyclic amines) is 1. The average molecular weight is 351 g/mol. The second kappa shape index (κ2) is 6.40. The number of aromatic nitrogens is 4. The molecule has 7 heteroatoms. The first-order chi connectivity index (χ1) is 12.5. The van der Waals surface area contributed by atoms with Crippen LogP contribution < -0.4 is 0 Å². The van der Waals surface area contributed by atoms with E-state index in [9.17, 15) is 4.79 Å². The summed E-state index contributed by atoms with van der Waals surface area (Å²) in [5.74, 6) is 1.42. The van der Waals surface area contributed by atoms with Gasteiger partial charge in [-0.25, -0.2) is 9.67 Å². The van der Waals surface area contributed by atoms with E-state index in [2.05, 4.69) is 15.2 Å². The van der Waals surface area contributed by atoms with Gasteiger partial charge in [-0.1, -0.05) is 5.16 Å². The molecule has 0 aromatic carbocycles. The Hall–Kier alpha value is -2.96. The Morgan fingerprint density at radius 1 is 1.19 bits per heavy atom. The van der Waals surface area contributed by atoms with Gasteiger partial charge in [0.2, 0.25) is 0 Å². The van der Waals surface area contributed by atoms with Gasteiger partial charge in [0.05, 0.1) is 23.0 Å². The lowest BCUT2D eigenvalue weighted by Gasteiger charge is -2.22. The number of aryl methyl sites for hydroxylation is 3. The van der Waals surface area contributed by atoms with E-state index >= 15 is 0 Å². The molecule has 1 saturated heterocycles. The van der Waals surface area contributed by atoms with E-state index < -0.39 is 0 Å².